The molecule has 0 spiro atoms. The van der Waals surface area contributed by atoms with E-state index < -0.39 is 0 Å². The van der Waals surface area contributed by atoms with E-state index in [9.17, 15) is 0 Å². The van der Waals surface area contributed by atoms with E-state index in [1.807, 2.05) is 11.3 Å². The molecule has 2 aromatic rings. The Morgan fingerprint density at radius 1 is 1.00 bits per heavy atom. The van der Waals surface area contributed by atoms with Crippen LogP contribution in [0, 0.1) is 0 Å². The molecule has 0 radical (unpaired) electrons. The van der Waals surface area contributed by atoms with Gasteiger partial charge in [0.1, 0.15) is 0 Å². The topological polar surface area (TPSA) is 38.0 Å². The van der Waals surface area contributed by atoms with Crippen molar-refractivity contribution in [3.05, 3.63) is 58.3 Å². The van der Waals surface area contributed by atoms with Gasteiger partial charge < -0.3 is 11.1 Å². The van der Waals surface area contributed by atoms with E-state index in [4.69, 9.17) is 5.73 Å². The molecule has 0 saturated heterocycles. The van der Waals surface area contributed by atoms with Crippen LogP contribution in [0.15, 0.2) is 47.8 Å². The molecule has 0 bridgehead atoms. The summed E-state index contributed by atoms with van der Waals surface area (Å²) < 4.78 is 0. The molecule has 1 unspecified atom stereocenters. The minimum atomic E-state index is 0.315. The van der Waals surface area contributed by atoms with Crippen LogP contribution in [0.2, 0.25) is 0 Å². The van der Waals surface area contributed by atoms with Crippen LogP contribution in [0.25, 0.3) is 0 Å². The molecule has 3 heteroatoms. The molecule has 1 aliphatic carbocycles. The lowest BCUT2D eigenvalue weighted by Crippen LogP contribution is -2.39. The summed E-state index contributed by atoms with van der Waals surface area (Å²) in [6.07, 6.45) is 4.67. The van der Waals surface area contributed by atoms with E-state index in [1.165, 1.54) is 23.3 Å². The first kappa shape index (κ1) is 13.8. The summed E-state index contributed by atoms with van der Waals surface area (Å²) in [4.78, 5) is 1.39. The molecule has 0 amide bonds. The molecule has 1 saturated carbocycles. The van der Waals surface area contributed by atoms with Gasteiger partial charge in [-0.2, -0.15) is 0 Å². The standard InChI is InChI=1S/C17H22N2S/c18-14-8-10-15(11-9-14)19-17(16-7-4-12-20-16)13-5-2-1-3-6-13/h1-7,12,14-15,17,19H,8-11,18H2. The van der Waals surface area contributed by atoms with Crippen LogP contribution in [0.5, 0.6) is 0 Å². The molecule has 1 fully saturated rings. The molecule has 1 aromatic heterocycles. The van der Waals surface area contributed by atoms with Crippen LogP contribution in [0.4, 0.5) is 0 Å². The highest BCUT2D eigenvalue weighted by Crippen LogP contribution is 2.28. The first-order chi connectivity index (χ1) is 9.83. The van der Waals surface area contributed by atoms with Crippen LogP contribution >= 0.6 is 11.3 Å². The summed E-state index contributed by atoms with van der Waals surface area (Å²) in [5, 5.41) is 6.01. The fourth-order valence-electron chi connectivity index (χ4n) is 2.97. The van der Waals surface area contributed by atoms with Crippen molar-refractivity contribution in [1.82, 2.24) is 5.32 Å². The lowest BCUT2D eigenvalue weighted by Gasteiger charge is -2.30. The minimum absolute atomic E-state index is 0.315. The van der Waals surface area contributed by atoms with Crippen molar-refractivity contribution in [2.24, 2.45) is 5.73 Å². The first-order valence-corrected chi connectivity index (χ1v) is 8.31. The highest BCUT2D eigenvalue weighted by Gasteiger charge is 2.23. The second kappa shape index (κ2) is 6.53. The van der Waals surface area contributed by atoms with Gasteiger partial charge in [-0.25, -0.2) is 0 Å². The highest BCUT2D eigenvalue weighted by molar-refractivity contribution is 7.10. The molecule has 0 aliphatic heterocycles. The molecule has 106 valence electrons. The third-order valence-corrected chi connectivity index (χ3v) is 5.07. The Morgan fingerprint density at radius 3 is 2.40 bits per heavy atom. The van der Waals surface area contributed by atoms with E-state index >= 15 is 0 Å². The third-order valence-electron chi connectivity index (χ3n) is 4.13. The number of hydrogen-bond donors (Lipinski definition) is 2. The Bertz CT molecular complexity index is 501. The monoisotopic (exact) mass is 286 g/mol. The van der Waals surface area contributed by atoms with E-state index in [2.05, 4.69) is 53.2 Å². The maximum absolute atomic E-state index is 6.01. The highest BCUT2D eigenvalue weighted by atomic mass is 32.1. The lowest BCUT2D eigenvalue weighted by molar-refractivity contribution is 0.329. The Morgan fingerprint density at radius 2 is 1.75 bits per heavy atom. The fraction of sp³-hybridized carbons (Fsp3) is 0.412. The summed E-state index contributed by atoms with van der Waals surface area (Å²) in [5.41, 5.74) is 7.36. The van der Waals surface area contributed by atoms with Crippen molar-refractivity contribution >= 4 is 11.3 Å². The van der Waals surface area contributed by atoms with Crippen LogP contribution in [-0.2, 0) is 0 Å². The summed E-state index contributed by atoms with van der Waals surface area (Å²) in [6, 6.07) is 16.4. The first-order valence-electron chi connectivity index (χ1n) is 7.43. The molecular weight excluding hydrogens is 264 g/mol. The molecule has 3 rings (SSSR count). The van der Waals surface area contributed by atoms with Crippen LogP contribution in [-0.4, -0.2) is 12.1 Å². The Kier molecular flexibility index (Phi) is 4.51. The van der Waals surface area contributed by atoms with Gasteiger partial charge in [-0.15, -0.1) is 11.3 Å². The quantitative estimate of drug-likeness (QED) is 0.899. The number of nitrogens with one attached hydrogen (secondary N) is 1. The number of benzene rings is 1. The van der Waals surface area contributed by atoms with E-state index in [-0.39, 0.29) is 0 Å². The molecule has 1 aromatic carbocycles. The zero-order valence-electron chi connectivity index (χ0n) is 11.7. The third kappa shape index (κ3) is 3.29. The van der Waals surface area contributed by atoms with E-state index in [0.29, 0.717) is 18.1 Å². The molecule has 1 aliphatic rings. The fourth-order valence-corrected chi connectivity index (χ4v) is 3.78. The molecule has 1 heterocycles. The van der Waals surface area contributed by atoms with Gasteiger partial charge in [0, 0.05) is 17.0 Å². The minimum Gasteiger partial charge on any atom is -0.328 e. The average molecular weight is 286 g/mol. The normalized spacial score (nSPS) is 24.4. The largest absolute Gasteiger partial charge is 0.328 e. The predicted octanol–water partition coefficient (Wildman–Crippen LogP) is 3.70. The number of hydrogen-bond acceptors (Lipinski definition) is 3. The van der Waals surface area contributed by atoms with Crippen molar-refractivity contribution in [1.29, 1.82) is 0 Å². The average Bonchev–Trinajstić information content (AvgIpc) is 3.01. The Hall–Kier alpha value is -1.16. The maximum Gasteiger partial charge on any atom is 0.0673 e. The van der Waals surface area contributed by atoms with Crippen molar-refractivity contribution in [3.63, 3.8) is 0 Å². The van der Waals surface area contributed by atoms with Crippen LogP contribution in [0.1, 0.15) is 42.2 Å². The van der Waals surface area contributed by atoms with Crippen LogP contribution in [0.3, 0.4) is 0 Å². The van der Waals surface area contributed by atoms with Gasteiger partial charge in [-0.3, -0.25) is 0 Å². The predicted molar refractivity (Wildman–Crippen MR) is 86.0 cm³/mol. The molecule has 1 atom stereocenters. The summed E-state index contributed by atoms with van der Waals surface area (Å²) >= 11 is 1.83. The second-order valence-electron chi connectivity index (χ2n) is 5.64. The van der Waals surface area contributed by atoms with Gasteiger partial charge in [-0.1, -0.05) is 36.4 Å². The molecular formula is C17H22N2S. The summed E-state index contributed by atoms with van der Waals surface area (Å²) in [7, 11) is 0. The Balaban J connectivity index is 1.77. The van der Waals surface area contributed by atoms with E-state index in [1.54, 1.807) is 0 Å². The van der Waals surface area contributed by atoms with Crippen LogP contribution < -0.4 is 11.1 Å². The van der Waals surface area contributed by atoms with E-state index in [0.717, 1.165) is 12.8 Å². The smallest absolute Gasteiger partial charge is 0.0673 e. The Labute approximate surface area is 125 Å². The summed E-state index contributed by atoms with van der Waals surface area (Å²) in [6.45, 7) is 0. The van der Waals surface area contributed by atoms with Crippen molar-refractivity contribution in [3.8, 4) is 0 Å². The van der Waals surface area contributed by atoms with Crippen molar-refractivity contribution < 1.29 is 0 Å². The SMILES string of the molecule is NC1CCC(NC(c2ccccc2)c2cccs2)CC1. The molecule has 2 nitrogen and oxygen atoms in total. The summed E-state index contributed by atoms with van der Waals surface area (Å²) in [5.74, 6) is 0. The number of nitrogens with two attached hydrogens (primary N) is 1. The zero-order chi connectivity index (χ0) is 13.8. The van der Waals surface area contributed by atoms with Gasteiger partial charge >= 0.3 is 0 Å². The maximum atomic E-state index is 6.01. The second-order valence-corrected chi connectivity index (χ2v) is 6.62. The van der Waals surface area contributed by atoms with Gasteiger partial charge in [0.2, 0.25) is 0 Å². The molecule has 3 N–H and O–H groups in total. The van der Waals surface area contributed by atoms with Gasteiger partial charge in [-0.05, 0) is 42.7 Å². The van der Waals surface area contributed by atoms with Gasteiger partial charge in [0.05, 0.1) is 6.04 Å². The van der Waals surface area contributed by atoms with Gasteiger partial charge in [0.15, 0.2) is 0 Å². The number of thiophene rings is 1. The zero-order valence-corrected chi connectivity index (χ0v) is 12.5. The van der Waals surface area contributed by atoms with Gasteiger partial charge in [0.25, 0.3) is 0 Å². The molecule has 20 heavy (non-hydrogen) atoms. The lowest BCUT2D eigenvalue weighted by atomic mass is 9.90. The van der Waals surface area contributed by atoms with Crippen molar-refractivity contribution in [2.45, 2.75) is 43.8 Å². The number of rotatable bonds is 4. The van der Waals surface area contributed by atoms with Crippen molar-refractivity contribution in [2.75, 3.05) is 0 Å².